The van der Waals surface area contributed by atoms with E-state index in [1.165, 1.54) is 23.9 Å². The van der Waals surface area contributed by atoms with Gasteiger partial charge in [0.25, 0.3) is 0 Å². The molecule has 0 heterocycles. The number of primary amides is 2. The zero-order valence-electron chi connectivity index (χ0n) is 27.1. The van der Waals surface area contributed by atoms with Crippen LogP contribution < -0.4 is 43.8 Å². The second-order valence-electron chi connectivity index (χ2n) is 11.1. The molecule has 0 fully saturated rings. The summed E-state index contributed by atoms with van der Waals surface area (Å²) in [5.74, 6) is -4.43. The van der Waals surface area contributed by atoms with Crippen molar-refractivity contribution >= 4 is 53.1 Å². The zero-order chi connectivity index (χ0) is 36.3. The summed E-state index contributed by atoms with van der Waals surface area (Å²) < 4.78 is 0. The molecule has 0 aliphatic carbocycles. The molecule has 49 heavy (non-hydrogen) atoms. The molecule has 0 unspecified atom stereocenters. The van der Waals surface area contributed by atoms with Crippen molar-refractivity contribution in [3.63, 3.8) is 0 Å². The van der Waals surface area contributed by atoms with Crippen LogP contribution in [0.15, 0.2) is 54.6 Å². The van der Waals surface area contributed by atoms with Crippen LogP contribution in [-0.4, -0.2) is 95.7 Å². The van der Waals surface area contributed by atoms with Gasteiger partial charge in [0.15, 0.2) is 0 Å². The number of thioether (sulfide) groups is 1. The standard InChI is InChI=1S/C32H44N8O8S/c1-49-14-13-24(31(47)39-23(29(35)45)11-12-26(34)42)40-32(48)25(16-19-5-3-2-4-6-19)38-28(44)18-36-27(43)17-37-30(46)22(33)15-20-7-9-21(41)10-8-20/h2-10,22-25,41H,11-18,33H2,1H3,(H2,34,42)(H2,35,45)(H,36,43)(H,37,46)(H,38,44)(H,39,47)(H,40,48)/t22-,23-,24-,25-/m0/s1. The topological polar surface area (TPSA) is 278 Å². The number of aromatic hydroxyl groups is 1. The summed E-state index contributed by atoms with van der Waals surface area (Å²) in [7, 11) is 0. The van der Waals surface area contributed by atoms with E-state index < -0.39 is 78.6 Å². The van der Waals surface area contributed by atoms with Crippen molar-refractivity contribution < 1.29 is 38.7 Å². The van der Waals surface area contributed by atoms with Crippen molar-refractivity contribution in [3.8, 4) is 5.75 Å². The quantitative estimate of drug-likeness (QED) is 0.0671. The van der Waals surface area contributed by atoms with Gasteiger partial charge >= 0.3 is 0 Å². The number of benzene rings is 2. The molecular weight excluding hydrogens is 656 g/mol. The van der Waals surface area contributed by atoms with Crippen LogP contribution in [0.25, 0.3) is 0 Å². The van der Waals surface area contributed by atoms with Gasteiger partial charge in [-0.05, 0) is 54.5 Å². The molecule has 12 N–H and O–H groups in total. The first kappa shape index (κ1) is 40.0. The van der Waals surface area contributed by atoms with Crippen molar-refractivity contribution in [1.82, 2.24) is 26.6 Å². The highest BCUT2D eigenvalue weighted by atomic mass is 32.2. The van der Waals surface area contributed by atoms with Gasteiger partial charge in [0, 0.05) is 12.8 Å². The van der Waals surface area contributed by atoms with Crippen LogP contribution in [0.3, 0.4) is 0 Å². The first-order valence-corrected chi connectivity index (χ1v) is 16.8. The maximum absolute atomic E-state index is 13.5. The third-order valence-electron chi connectivity index (χ3n) is 7.12. The maximum atomic E-state index is 13.5. The van der Waals surface area contributed by atoms with Gasteiger partial charge in [-0.3, -0.25) is 33.6 Å². The highest BCUT2D eigenvalue weighted by Gasteiger charge is 2.29. The Kier molecular flexibility index (Phi) is 17.1. The number of nitrogens with one attached hydrogen (secondary N) is 5. The van der Waals surface area contributed by atoms with Gasteiger partial charge in [-0.15, -0.1) is 0 Å². The number of amides is 7. The predicted octanol–water partition coefficient (Wildman–Crippen LogP) is -2.30. The molecule has 0 aliphatic heterocycles. The summed E-state index contributed by atoms with van der Waals surface area (Å²) in [5, 5.41) is 21.8. The van der Waals surface area contributed by atoms with E-state index in [9.17, 15) is 38.7 Å². The number of carbonyl (C=O) groups is 7. The molecule has 17 heteroatoms. The maximum Gasteiger partial charge on any atom is 0.243 e. The van der Waals surface area contributed by atoms with Crippen LogP contribution in [0.5, 0.6) is 5.75 Å². The fourth-order valence-electron chi connectivity index (χ4n) is 4.44. The van der Waals surface area contributed by atoms with Crippen LogP contribution in [0.2, 0.25) is 0 Å². The monoisotopic (exact) mass is 700 g/mol. The van der Waals surface area contributed by atoms with Crippen molar-refractivity contribution in [3.05, 3.63) is 65.7 Å². The smallest absolute Gasteiger partial charge is 0.243 e. The fourth-order valence-corrected chi connectivity index (χ4v) is 4.92. The predicted molar refractivity (Wildman–Crippen MR) is 182 cm³/mol. The van der Waals surface area contributed by atoms with Gasteiger partial charge in [0.05, 0.1) is 19.1 Å². The van der Waals surface area contributed by atoms with E-state index in [2.05, 4.69) is 26.6 Å². The minimum Gasteiger partial charge on any atom is -0.508 e. The number of carbonyl (C=O) groups excluding carboxylic acids is 7. The summed E-state index contributed by atoms with van der Waals surface area (Å²) in [6, 6.07) is 10.5. The Labute approximate surface area is 288 Å². The van der Waals surface area contributed by atoms with Gasteiger partial charge in [0.2, 0.25) is 41.4 Å². The van der Waals surface area contributed by atoms with Gasteiger partial charge in [-0.1, -0.05) is 42.5 Å². The van der Waals surface area contributed by atoms with Crippen molar-refractivity contribution in [2.75, 3.05) is 25.1 Å². The number of hydrogen-bond donors (Lipinski definition) is 9. The van der Waals surface area contributed by atoms with Crippen LogP contribution in [0, 0.1) is 0 Å². The minimum atomic E-state index is -1.20. The summed E-state index contributed by atoms with van der Waals surface area (Å²) in [6.45, 7) is -0.981. The van der Waals surface area contributed by atoms with Crippen molar-refractivity contribution in [2.45, 2.75) is 56.3 Å². The Morgan fingerprint density at radius 1 is 0.694 bits per heavy atom. The number of hydrogen-bond acceptors (Lipinski definition) is 10. The second kappa shape index (κ2) is 20.9. The average Bonchev–Trinajstić information content (AvgIpc) is 3.07. The summed E-state index contributed by atoms with van der Waals surface area (Å²) in [5.41, 5.74) is 17.9. The second-order valence-corrected chi connectivity index (χ2v) is 12.1. The molecule has 0 bridgehead atoms. The van der Waals surface area contributed by atoms with E-state index in [4.69, 9.17) is 17.2 Å². The van der Waals surface area contributed by atoms with E-state index >= 15 is 0 Å². The first-order chi connectivity index (χ1) is 23.3. The van der Waals surface area contributed by atoms with Crippen LogP contribution in [-0.2, 0) is 46.4 Å². The average molecular weight is 701 g/mol. The van der Waals surface area contributed by atoms with E-state index in [0.717, 1.165) is 0 Å². The molecule has 0 aromatic heterocycles. The lowest BCUT2D eigenvalue weighted by Crippen LogP contribution is -2.57. The number of phenolic OH excluding ortho intramolecular Hbond substituents is 1. The van der Waals surface area contributed by atoms with Gasteiger partial charge < -0.3 is 48.9 Å². The Morgan fingerprint density at radius 3 is 1.90 bits per heavy atom. The molecule has 2 aromatic rings. The molecular formula is C32H44N8O8S. The van der Waals surface area contributed by atoms with Crippen LogP contribution in [0.4, 0.5) is 0 Å². The third-order valence-corrected chi connectivity index (χ3v) is 7.76. The molecule has 0 radical (unpaired) electrons. The Hall–Kier alpha value is -5.16. The van der Waals surface area contributed by atoms with Gasteiger partial charge in [0.1, 0.15) is 23.9 Å². The summed E-state index contributed by atoms with van der Waals surface area (Å²) >= 11 is 1.42. The third kappa shape index (κ3) is 15.5. The normalized spacial score (nSPS) is 13.1. The molecule has 0 spiro atoms. The number of phenols is 1. The van der Waals surface area contributed by atoms with Gasteiger partial charge in [-0.25, -0.2) is 0 Å². The molecule has 7 amide bonds. The van der Waals surface area contributed by atoms with Crippen LogP contribution in [0.1, 0.15) is 30.4 Å². The fraction of sp³-hybridized carbons (Fsp3) is 0.406. The van der Waals surface area contributed by atoms with E-state index in [1.54, 1.807) is 48.7 Å². The Balaban J connectivity index is 2.01. The lowest BCUT2D eigenvalue weighted by Gasteiger charge is -2.25. The first-order valence-electron chi connectivity index (χ1n) is 15.4. The van der Waals surface area contributed by atoms with E-state index in [1.807, 2.05) is 0 Å². The molecule has 16 nitrogen and oxygen atoms in total. The molecule has 0 saturated heterocycles. The molecule has 2 rings (SSSR count). The largest absolute Gasteiger partial charge is 0.508 e. The van der Waals surface area contributed by atoms with Crippen molar-refractivity contribution in [2.24, 2.45) is 17.2 Å². The summed E-state index contributed by atoms with van der Waals surface area (Å²) in [4.78, 5) is 87.3. The Bertz CT molecular complexity index is 1440. The number of nitrogens with two attached hydrogens (primary N) is 3. The molecule has 266 valence electrons. The zero-order valence-corrected chi connectivity index (χ0v) is 27.9. The van der Waals surface area contributed by atoms with Gasteiger partial charge in [-0.2, -0.15) is 11.8 Å². The van der Waals surface area contributed by atoms with E-state index in [0.29, 0.717) is 16.9 Å². The van der Waals surface area contributed by atoms with Crippen LogP contribution >= 0.6 is 11.8 Å². The van der Waals surface area contributed by atoms with E-state index in [-0.39, 0.29) is 37.9 Å². The highest BCUT2D eigenvalue weighted by Crippen LogP contribution is 2.11. The SMILES string of the molecule is CSCC[C@H](NC(=O)[C@H](Cc1ccccc1)NC(=O)CNC(=O)CNC(=O)[C@@H](N)Cc1ccc(O)cc1)C(=O)N[C@@H](CCC(N)=O)C(N)=O. The molecule has 2 aromatic carbocycles. The summed E-state index contributed by atoms with van der Waals surface area (Å²) in [6.07, 6.45) is 1.88. The Morgan fingerprint density at radius 2 is 1.29 bits per heavy atom. The lowest BCUT2D eigenvalue weighted by atomic mass is 10.0. The molecule has 4 atom stereocenters. The van der Waals surface area contributed by atoms with Crippen molar-refractivity contribution in [1.29, 1.82) is 0 Å². The highest BCUT2D eigenvalue weighted by molar-refractivity contribution is 7.98. The minimum absolute atomic E-state index is 0.0424. The lowest BCUT2D eigenvalue weighted by molar-refractivity contribution is -0.133. The molecule has 0 aliphatic rings. The molecule has 0 saturated carbocycles. The number of rotatable bonds is 21.